The largest absolute Gasteiger partial charge is 0.481 e. The molecule has 0 radical (unpaired) electrons. The van der Waals surface area contributed by atoms with Gasteiger partial charge in [-0.1, -0.05) is 30.3 Å². The van der Waals surface area contributed by atoms with Gasteiger partial charge in [-0.3, -0.25) is 9.59 Å². The summed E-state index contributed by atoms with van der Waals surface area (Å²) in [6.07, 6.45) is 1.84. The number of carboxylic acids is 1. The molecule has 3 N–H and O–H groups in total. The molecule has 37 heavy (non-hydrogen) atoms. The summed E-state index contributed by atoms with van der Waals surface area (Å²) in [4.78, 5) is 28.8. The number of rotatable bonds is 10. The Balaban J connectivity index is 1.35. The first-order valence-corrected chi connectivity index (χ1v) is 13.9. The highest BCUT2D eigenvalue weighted by Crippen LogP contribution is 2.28. The molecule has 1 saturated carbocycles. The molecular formula is C27H31N3O6S. The van der Waals surface area contributed by atoms with Crippen molar-refractivity contribution in [3.63, 3.8) is 0 Å². The number of nitrogens with zero attached hydrogens (tertiary/aromatic N) is 1. The van der Waals surface area contributed by atoms with Gasteiger partial charge >= 0.3 is 5.97 Å². The van der Waals surface area contributed by atoms with E-state index in [2.05, 4.69) is 15.0 Å². The lowest BCUT2D eigenvalue weighted by atomic mass is 9.85. The molecule has 3 aromatic rings. The summed E-state index contributed by atoms with van der Waals surface area (Å²) in [6.45, 7) is 2.36. The average Bonchev–Trinajstić information content (AvgIpc) is 2.88. The number of aromatic nitrogens is 1. The van der Waals surface area contributed by atoms with E-state index in [-0.39, 0.29) is 29.2 Å². The minimum absolute atomic E-state index is 0.158. The van der Waals surface area contributed by atoms with Gasteiger partial charge in [-0.05, 0) is 62.4 Å². The van der Waals surface area contributed by atoms with Crippen LogP contribution in [0.4, 0.5) is 0 Å². The number of amides is 1. The summed E-state index contributed by atoms with van der Waals surface area (Å²) in [5.41, 5.74) is 1.38. The van der Waals surface area contributed by atoms with Gasteiger partial charge in [0.05, 0.1) is 29.5 Å². The van der Waals surface area contributed by atoms with Crippen LogP contribution in [0.1, 0.15) is 50.6 Å². The van der Waals surface area contributed by atoms with E-state index in [4.69, 9.17) is 4.74 Å². The van der Waals surface area contributed by atoms with Crippen LogP contribution in [-0.2, 0) is 19.6 Å². The van der Waals surface area contributed by atoms with Crippen LogP contribution in [-0.4, -0.2) is 43.0 Å². The van der Waals surface area contributed by atoms with Crippen LogP contribution in [0, 0.1) is 5.92 Å². The van der Waals surface area contributed by atoms with E-state index in [1.54, 1.807) is 48.5 Å². The Kier molecular flexibility index (Phi) is 8.40. The van der Waals surface area contributed by atoms with Crippen LogP contribution in [0.15, 0.2) is 65.6 Å². The first-order chi connectivity index (χ1) is 17.7. The zero-order chi connectivity index (χ0) is 26.4. The molecule has 1 aromatic heterocycles. The molecule has 196 valence electrons. The molecule has 0 bridgehead atoms. The third kappa shape index (κ3) is 6.84. The second-order valence-electron chi connectivity index (χ2n) is 9.18. The molecule has 10 heteroatoms. The topological polar surface area (TPSA) is 135 Å². The Morgan fingerprint density at radius 1 is 1.05 bits per heavy atom. The van der Waals surface area contributed by atoms with Gasteiger partial charge < -0.3 is 15.2 Å². The molecule has 0 aliphatic heterocycles. The maximum Gasteiger partial charge on any atom is 0.305 e. The molecule has 1 aliphatic carbocycles. The number of benzene rings is 2. The number of ether oxygens (including phenoxy) is 1. The Bertz CT molecular complexity index is 1360. The Morgan fingerprint density at radius 3 is 2.46 bits per heavy atom. The van der Waals surface area contributed by atoms with Crippen molar-refractivity contribution < 1.29 is 27.9 Å². The fourth-order valence-electron chi connectivity index (χ4n) is 4.64. The van der Waals surface area contributed by atoms with Crippen LogP contribution in [0.25, 0.3) is 10.9 Å². The van der Waals surface area contributed by atoms with Crippen molar-refractivity contribution in [2.75, 3.05) is 6.61 Å². The third-order valence-electron chi connectivity index (χ3n) is 6.55. The van der Waals surface area contributed by atoms with E-state index in [0.29, 0.717) is 49.1 Å². The Morgan fingerprint density at radius 2 is 1.78 bits per heavy atom. The van der Waals surface area contributed by atoms with Crippen molar-refractivity contribution in [1.82, 2.24) is 15.0 Å². The van der Waals surface area contributed by atoms with Crippen molar-refractivity contribution in [3.05, 3.63) is 66.2 Å². The maximum atomic E-state index is 13.0. The number of carbonyl (C=O) groups excluding carboxylic acids is 1. The summed E-state index contributed by atoms with van der Waals surface area (Å²) in [5.74, 6) is -1.01. The number of carbonyl (C=O) groups is 2. The van der Waals surface area contributed by atoms with Crippen LogP contribution >= 0.6 is 0 Å². The number of pyridine rings is 1. The SMILES string of the molecule is CCOc1ccc2cc(S(=O)(=O)NC3CCC(C(=O)NC(CC(=O)O)c4ccccc4)CC3)ccc2n1. The third-order valence-corrected chi connectivity index (χ3v) is 8.07. The lowest BCUT2D eigenvalue weighted by Gasteiger charge is -2.29. The number of nitrogens with one attached hydrogen (secondary N) is 2. The van der Waals surface area contributed by atoms with Crippen molar-refractivity contribution in [1.29, 1.82) is 0 Å². The number of aliphatic carboxylic acids is 1. The monoisotopic (exact) mass is 525 g/mol. The first-order valence-electron chi connectivity index (χ1n) is 12.4. The first kappa shape index (κ1) is 26.6. The highest BCUT2D eigenvalue weighted by Gasteiger charge is 2.30. The molecule has 9 nitrogen and oxygen atoms in total. The van der Waals surface area contributed by atoms with Gasteiger partial charge in [0.2, 0.25) is 21.8 Å². The van der Waals surface area contributed by atoms with Crippen LogP contribution < -0.4 is 14.8 Å². The number of fused-ring (bicyclic) bond motifs is 1. The van der Waals surface area contributed by atoms with Crippen LogP contribution in [0.2, 0.25) is 0 Å². The lowest BCUT2D eigenvalue weighted by molar-refractivity contribution is -0.138. The molecule has 4 rings (SSSR count). The predicted octanol–water partition coefficient (Wildman–Crippen LogP) is 3.80. The van der Waals surface area contributed by atoms with Crippen molar-refractivity contribution in [2.45, 2.75) is 56.0 Å². The molecule has 1 unspecified atom stereocenters. The molecule has 1 fully saturated rings. The summed E-state index contributed by atoms with van der Waals surface area (Å²) in [5, 5.41) is 12.8. The standard InChI is InChI=1S/C27H31N3O6S/c1-2-36-25-15-10-20-16-22(13-14-23(20)28-25)37(34,35)30-21-11-8-19(9-12-21)27(33)29-24(17-26(31)32)18-6-4-3-5-7-18/h3-7,10,13-16,19,21,24,30H,2,8-9,11-12,17H2,1H3,(H,29,33)(H,31,32). The lowest BCUT2D eigenvalue weighted by Crippen LogP contribution is -2.41. The minimum atomic E-state index is -3.75. The number of carboxylic acid groups (broad SMARTS) is 1. The second kappa shape index (κ2) is 11.7. The molecule has 1 heterocycles. The van der Waals surface area contributed by atoms with Gasteiger partial charge in [0.15, 0.2) is 0 Å². The number of sulfonamides is 1. The Labute approximate surface area is 216 Å². The van der Waals surface area contributed by atoms with Crippen molar-refractivity contribution >= 4 is 32.8 Å². The zero-order valence-electron chi connectivity index (χ0n) is 20.6. The highest BCUT2D eigenvalue weighted by molar-refractivity contribution is 7.89. The number of hydrogen-bond acceptors (Lipinski definition) is 6. The minimum Gasteiger partial charge on any atom is -0.481 e. The van der Waals surface area contributed by atoms with Gasteiger partial charge in [0.1, 0.15) is 0 Å². The average molecular weight is 526 g/mol. The van der Waals surface area contributed by atoms with Gasteiger partial charge in [-0.25, -0.2) is 18.1 Å². The van der Waals surface area contributed by atoms with Gasteiger partial charge in [-0.15, -0.1) is 0 Å². The number of hydrogen-bond donors (Lipinski definition) is 3. The van der Waals surface area contributed by atoms with Crippen LogP contribution in [0.3, 0.4) is 0 Å². The molecule has 2 aromatic carbocycles. The zero-order valence-corrected chi connectivity index (χ0v) is 21.4. The van der Waals surface area contributed by atoms with E-state index >= 15 is 0 Å². The predicted molar refractivity (Wildman–Crippen MR) is 139 cm³/mol. The smallest absolute Gasteiger partial charge is 0.305 e. The van der Waals surface area contributed by atoms with Crippen LogP contribution in [0.5, 0.6) is 5.88 Å². The van der Waals surface area contributed by atoms with Gasteiger partial charge in [-0.2, -0.15) is 0 Å². The molecule has 0 saturated heterocycles. The van der Waals surface area contributed by atoms with E-state index in [1.807, 2.05) is 13.0 Å². The summed E-state index contributed by atoms with van der Waals surface area (Å²) < 4.78 is 34.3. The van der Waals surface area contributed by atoms with E-state index < -0.39 is 22.0 Å². The van der Waals surface area contributed by atoms with Gasteiger partial charge in [0.25, 0.3) is 0 Å². The van der Waals surface area contributed by atoms with E-state index in [1.165, 1.54) is 6.07 Å². The fraction of sp³-hybridized carbons (Fsp3) is 0.370. The van der Waals surface area contributed by atoms with Gasteiger partial charge in [0, 0.05) is 23.4 Å². The quantitative estimate of drug-likeness (QED) is 0.366. The molecular weight excluding hydrogens is 494 g/mol. The molecule has 1 aliphatic rings. The van der Waals surface area contributed by atoms with E-state index in [0.717, 1.165) is 5.56 Å². The summed E-state index contributed by atoms with van der Waals surface area (Å²) in [6, 6.07) is 16.4. The highest BCUT2D eigenvalue weighted by atomic mass is 32.2. The summed E-state index contributed by atoms with van der Waals surface area (Å²) >= 11 is 0. The summed E-state index contributed by atoms with van der Waals surface area (Å²) in [7, 11) is -3.75. The molecule has 0 spiro atoms. The van der Waals surface area contributed by atoms with Crippen molar-refractivity contribution in [3.8, 4) is 5.88 Å². The van der Waals surface area contributed by atoms with Crippen molar-refractivity contribution in [2.24, 2.45) is 5.92 Å². The van der Waals surface area contributed by atoms with E-state index in [9.17, 15) is 23.1 Å². The maximum absolute atomic E-state index is 13.0. The normalized spacial score (nSPS) is 18.7. The molecule has 1 atom stereocenters. The molecule has 1 amide bonds. The Hall–Kier alpha value is -3.50. The fourth-order valence-corrected chi connectivity index (χ4v) is 5.98. The second-order valence-corrected chi connectivity index (χ2v) is 10.9.